The summed E-state index contributed by atoms with van der Waals surface area (Å²) >= 11 is 3.40. The van der Waals surface area contributed by atoms with Crippen LogP contribution in [0.4, 0.5) is 16.2 Å². The zero-order valence-electron chi connectivity index (χ0n) is 18.5. The van der Waals surface area contributed by atoms with Gasteiger partial charge in [-0.05, 0) is 94.0 Å². The Labute approximate surface area is 197 Å². The molecule has 0 aliphatic carbocycles. The maximum absolute atomic E-state index is 13.3. The Morgan fingerprint density at radius 2 is 1.69 bits per heavy atom. The van der Waals surface area contributed by atoms with Gasteiger partial charge >= 0.3 is 6.03 Å². The lowest BCUT2D eigenvalue weighted by Crippen LogP contribution is -2.45. The molecule has 0 saturated carbocycles. The second-order valence-electron chi connectivity index (χ2n) is 8.68. The van der Waals surface area contributed by atoms with Crippen molar-refractivity contribution in [1.29, 1.82) is 0 Å². The molecule has 3 N–H and O–H groups in total. The van der Waals surface area contributed by atoms with E-state index >= 15 is 0 Å². The summed E-state index contributed by atoms with van der Waals surface area (Å²) in [6.07, 6.45) is 2.55. The van der Waals surface area contributed by atoms with E-state index in [-0.39, 0.29) is 18.0 Å². The smallest absolute Gasteiger partial charge is 0.322 e. The highest BCUT2D eigenvalue weighted by atomic mass is 79.9. The van der Waals surface area contributed by atoms with E-state index in [0.717, 1.165) is 36.1 Å². The third kappa shape index (κ3) is 5.31. The number of anilines is 2. The van der Waals surface area contributed by atoms with Crippen molar-refractivity contribution < 1.29 is 9.59 Å². The number of carbonyl (C=O) groups is 2. The Kier molecular flexibility index (Phi) is 7.13. The quantitative estimate of drug-likeness (QED) is 0.602. The zero-order chi connectivity index (χ0) is 22.7. The number of hydrogen-bond donors (Lipinski definition) is 3. The van der Waals surface area contributed by atoms with E-state index in [0.29, 0.717) is 18.7 Å². The molecule has 0 bridgehead atoms. The lowest BCUT2D eigenvalue weighted by atomic mass is 10.0. The fraction of sp³-hybridized carbons (Fsp3) is 0.417. The first kappa shape index (κ1) is 22.8. The van der Waals surface area contributed by atoms with Crippen LogP contribution in [0.1, 0.15) is 17.5 Å². The van der Waals surface area contributed by atoms with Crippen molar-refractivity contribution in [3.05, 3.63) is 58.1 Å². The molecule has 2 atom stereocenters. The fourth-order valence-corrected chi connectivity index (χ4v) is 4.63. The first-order valence-corrected chi connectivity index (χ1v) is 11.8. The summed E-state index contributed by atoms with van der Waals surface area (Å²) in [6, 6.07) is 12.9. The minimum atomic E-state index is -0.529. The average molecular weight is 500 g/mol. The van der Waals surface area contributed by atoms with Gasteiger partial charge in [-0.15, -0.1) is 0 Å². The molecule has 7 nitrogen and oxygen atoms in total. The van der Waals surface area contributed by atoms with Crippen molar-refractivity contribution in [2.45, 2.75) is 31.3 Å². The number of likely N-dealkylation sites (N-methyl/N-ethyl adjacent to an activating group) is 1. The molecule has 2 aromatic rings. The van der Waals surface area contributed by atoms with Gasteiger partial charge < -0.3 is 25.8 Å². The minimum Gasteiger partial charge on any atom is -0.324 e. The Morgan fingerprint density at radius 1 is 1.00 bits per heavy atom. The monoisotopic (exact) mass is 499 g/mol. The van der Waals surface area contributed by atoms with E-state index in [1.807, 2.05) is 44.4 Å². The highest BCUT2D eigenvalue weighted by Gasteiger charge is 2.40. The van der Waals surface area contributed by atoms with Gasteiger partial charge in [-0.25, -0.2) is 4.79 Å². The average Bonchev–Trinajstić information content (AvgIpc) is 3.10. The number of likely N-dealkylation sites (tertiary alicyclic amines) is 1. The number of fused-ring (bicyclic) bond motifs is 1. The number of amides is 3. The topological polar surface area (TPSA) is 76.7 Å². The molecule has 2 aliphatic heterocycles. The van der Waals surface area contributed by atoms with Crippen LogP contribution in [-0.4, -0.2) is 67.6 Å². The van der Waals surface area contributed by atoms with E-state index < -0.39 is 6.04 Å². The molecule has 3 amide bonds. The molecule has 1 fully saturated rings. The minimum absolute atomic E-state index is 0.125. The number of benzene rings is 2. The predicted octanol–water partition coefficient (Wildman–Crippen LogP) is 3.31. The molecule has 0 spiro atoms. The van der Waals surface area contributed by atoms with Crippen LogP contribution < -0.4 is 16.0 Å². The first-order chi connectivity index (χ1) is 15.4. The molecular formula is C24H30BrN5O2. The molecule has 2 aromatic carbocycles. The first-order valence-electron chi connectivity index (χ1n) is 11.0. The summed E-state index contributed by atoms with van der Waals surface area (Å²) in [5.41, 5.74) is 4.09. The van der Waals surface area contributed by atoms with Gasteiger partial charge in [0.05, 0.1) is 0 Å². The summed E-state index contributed by atoms with van der Waals surface area (Å²) < 4.78 is 0.943. The highest BCUT2D eigenvalue weighted by Crippen LogP contribution is 2.25. The Morgan fingerprint density at radius 3 is 2.41 bits per heavy atom. The van der Waals surface area contributed by atoms with E-state index in [1.54, 1.807) is 4.90 Å². The van der Waals surface area contributed by atoms with E-state index in [1.165, 1.54) is 11.1 Å². The molecule has 8 heteroatoms. The van der Waals surface area contributed by atoms with Crippen LogP contribution in [0, 0.1) is 0 Å². The van der Waals surface area contributed by atoms with Crippen molar-refractivity contribution in [2.24, 2.45) is 0 Å². The molecule has 0 radical (unpaired) electrons. The van der Waals surface area contributed by atoms with E-state index in [2.05, 4.69) is 48.9 Å². The van der Waals surface area contributed by atoms with Crippen molar-refractivity contribution in [2.75, 3.05) is 44.4 Å². The second-order valence-corrected chi connectivity index (χ2v) is 9.60. The second kappa shape index (κ2) is 10.0. The van der Waals surface area contributed by atoms with Crippen LogP contribution in [0.3, 0.4) is 0 Å². The van der Waals surface area contributed by atoms with Gasteiger partial charge in [-0.3, -0.25) is 4.79 Å². The van der Waals surface area contributed by atoms with Crippen LogP contribution in [0.25, 0.3) is 0 Å². The molecule has 0 aromatic heterocycles. The molecule has 1 saturated heterocycles. The number of nitrogens with zero attached hydrogens (tertiary/aromatic N) is 2. The Balaban J connectivity index is 1.48. The molecule has 170 valence electrons. The van der Waals surface area contributed by atoms with Crippen LogP contribution in [0.5, 0.6) is 0 Å². The molecule has 2 heterocycles. The van der Waals surface area contributed by atoms with Gasteiger partial charge in [0.2, 0.25) is 5.91 Å². The molecule has 2 aliphatic rings. The molecule has 32 heavy (non-hydrogen) atoms. The predicted molar refractivity (Wildman–Crippen MR) is 131 cm³/mol. The third-order valence-corrected chi connectivity index (χ3v) is 6.81. The van der Waals surface area contributed by atoms with Gasteiger partial charge in [0.15, 0.2) is 0 Å². The van der Waals surface area contributed by atoms with Crippen molar-refractivity contribution in [3.63, 3.8) is 0 Å². The number of urea groups is 1. The molecule has 4 rings (SSSR count). The number of nitrogens with one attached hydrogen (secondary N) is 3. The van der Waals surface area contributed by atoms with Gasteiger partial charge in [0, 0.05) is 28.4 Å². The SMILES string of the molecule is CN(C)C1CC(C(=O)Nc2ccc3c(c2)CCNCC3)N(C(=O)Nc2ccc(Br)cc2)C1. The highest BCUT2D eigenvalue weighted by molar-refractivity contribution is 9.10. The van der Waals surface area contributed by atoms with E-state index in [9.17, 15) is 9.59 Å². The zero-order valence-corrected chi connectivity index (χ0v) is 20.1. The molecule has 2 unspecified atom stereocenters. The summed E-state index contributed by atoms with van der Waals surface area (Å²) in [7, 11) is 3.96. The molecular weight excluding hydrogens is 470 g/mol. The van der Waals surface area contributed by atoms with Gasteiger partial charge in [0.1, 0.15) is 6.04 Å². The summed E-state index contributed by atoms with van der Waals surface area (Å²) in [6.45, 7) is 2.43. The maximum Gasteiger partial charge on any atom is 0.322 e. The normalized spacial score (nSPS) is 20.6. The Bertz CT molecular complexity index is 979. The lowest BCUT2D eigenvalue weighted by Gasteiger charge is -2.24. The summed E-state index contributed by atoms with van der Waals surface area (Å²) in [5.74, 6) is -0.146. The standard InChI is InChI=1S/C24H30BrN5O2/c1-29(2)21-14-22(30(15-21)24(32)28-19-7-4-18(25)5-8-19)23(31)27-20-6-3-16-9-11-26-12-10-17(16)13-20/h3-8,13,21-22,26H,9-12,14-15H2,1-2H3,(H,27,31)(H,28,32). The number of rotatable bonds is 4. The lowest BCUT2D eigenvalue weighted by molar-refractivity contribution is -0.119. The Hall–Kier alpha value is -2.42. The number of halogens is 1. The number of carbonyl (C=O) groups excluding carboxylic acids is 2. The summed E-state index contributed by atoms with van der Waals surface area (Å²) in [4.78, 5) is 30.0. The van der Waals surface area contributed by atoms with Crippen molar-refractivity contribution in [1.82, 2.24) is 15.1 Å². The fourth-order valence-electron chi connectivity index (χ4n) is 4.37. The largest absolute Gasteiger partial charge is 0.324 e. The van der Waals surface area contributed by atoms with Crippen LogP contribution >= 0.6 is 15.9 Å². The van der Waals surface area contributed by atoms with Crippen LogP contribution in [-0.2, 0) is 17.6 Å². The third-order valence-electron chi connectivity index (χ3n) is 6.28. The maximum atomic E-state index is 13.3. The number of hydrogen-bond acceptors (Lipinski definition) is 4. The van der Waals surface area contributed by atoms with Crippen LogP contribution in [0.15, 0.2) is 46.9 Å². The van der Waals surface area contributed by atoms with Crippen molar-refractivity contribution >= 4 is 39.2 Å². The van der Waals surface area contributed by atoms with Gasteiger partial charge in [0.25, 0.3) is 0 Å². The van der Waals surface area contributed by atoms with Gasteiger partial charge in [-0.1, -0.05) is 22.0 Å². The van der Waals surface area contributed by atoms with E-state index in [4.69, 9.17) is 0 Å². The summed E-state index contributed by atoms with van der Waals surface area (Å²) in [5, 5.41) is 9.40. The van der Waals surface area contributed by atoms with Crippen LogP contribution in [0.2, 0.25) is 0 Å². The van der Waals surface area contributed by atoms with Crippen molar-refractivity contribution in [3.8, 4) is 0 Å². The van der Waals surface area contributed by atoms with Gasteiger partial charge in [-0.2, -0.15) is 0 Å².